The third-order valence-corrected chi connectivity index (χ3v) is 4.73. The van der Waals surface area contributed by atoms with Crippen molar-refractivity contribution in [3.8, 4) is 5.75 Å². The van der Waals surface area contributed by atoms with Crippen molar-refractivity contribution in [1.82, 2.24) is 0 Å². The normalized spacial score (nSPS) is 10.6. The Morgan fingerprint density at radius 2 is 1.54 bits per heavy atom. The van der Waals surface area contributed by atoms with Crippen LogP contribution in [0.3, 0.4) is 0 Å². The van der Waals surface area contributed by atoms with Crippen molar-refractivity contribution in [3.63, 3.8) is 0 Å². The SMILES string of the molecule is Cc1ccc(COc2ccc(Cl)cc2CNc2cc(Cl)ccc2Cl)cc1. The first-order chi connectivity index (χ1) is 12.5. The average molecular weight is 407 g/mol. The highest BCUT2D eigenvalue weighted by Gasteiger charge is 2.08. The number of nitrogens with one attached hydrogen (secondary N) is 1. The predicted octanol–water partition coefficient (Wildman–Crippen LogP) is 7.15. The summed E-state index contributed by atoms with van der Waals surface area (Å²) in [7, 11) is 0. The summed E-state index contributed by atoms with van der Waals surface area (Å²) < 4.78 is 6.00. The van der Waals surface area contributed by atoms with Crippen LogP contribution in [0.2, 0.25) is 15.1 Å². The number of hydrogen-bond acceptors (Lipinski definition) is 2. The van der Waals surface area contributed by atoms with Crippen molar-refractivity contribution >= 4 is 40.5 Å². The summed E-state index contributed by atoms with van der Waals surface area (Å²) in [5, 5.41) is 5.18. The maximum atomic E-state index is 6.21. The van der Waals surface area contributed by atoms with Crippen molar-refractivity contribution in [2.24, 2.45) is 0 Å². The van der Waals surface area contributed by atoms with Gasteiger partial charge in [0.2, 0.25) is 0 Å². The monoisotopic (exact) mass is 405 g/mol. The van der Waals surface area contributed by atoms with Crippen molar-refractivity contribution in [1.29, 1.82) is 0 Å². The molecule has 0 aromatic heterocycles. The van der Waals surface area contributed by atoms with E-state index in [2.05, 4.69) is 36.5 Å². The molecule has 0 aliphatic heterocycles. The molecule has 0 aliphatic carbocycles. The van der Waals surface area contributed by atoms with Gasteiger partial charge >= 0.3 is 0 Å². The highest BCUT2D eigenvalue weighted by atomic mass is 35.5. The van der Waals surface area contributed by atoms with E-state index in [1.54, 1.807) is 18.2 Å². The van der Waals surface area contributed by atoms with Crippen LogP contribution >= 0.6 is 34.8 Å². The molecule has 134 valence electrons. The maximum absolute atomic E-state index is 6.21. The van der Waals surface area contributed by atoms with E-state index in [4.69, 9.17) is 39.5 Å². The van der Waals surface area contributed by atoms with Crippen molar-refractivity contribution < 1.29 is 4.74 Å². The summed E-state index contributed by atoms with van der Waals surface area (Å²) >= 11 is 18.4. The Kier molecular flexibility index (Phi) is 6.31. The highest BCUT2D eigenvalue weighted by Crippen LogP contribution is 2.28. The fourth-order valence-electron chi connectivity index (χ4n) is 2.50. The molecule has 0 aliphatic rings. The summed E-state index contributed by atoms with van der Waals surface area (Å²) in [6, 6.07) is 19.2. The van der Waals surface area contributed by atoms with Gasteiger partial charge in [-0.05, 0) is 48.9 Å². The number of halogens is 3. The summed E-state index contributed by atoms with van der Waals surface area (Å²) in [4.78, 5) is 0. The van der Waals surface area contributed by atoms with Gasteiger partial charge in [0.25, 0.3) is 0 Å². The maximum Gasteiger partial charge on any atom is 0.124 e. The first-order valence-electron chi connectivity index (χ1n) is 8.17. The van der Waals surface area contributed by atoms with Crippen LogP contribution in [0.15, 0.2) is 60.7 Å². The minimum atomic E-state index is 0.493. The molecule has 3 aromatic carbocycles. The second-order valence-corrected chi connectivity index (χ2v) is 7.28. The van der Waals surface area contributed by atoms with E-state index in [0.29, 0.717) is 28.2 Å². The third kappa shape index (κ3) is 5.07. The van der Waals surface area contributed by atoms with Crippen LogP contribution in [-0.4, -0.2) is 0 Å². The van der Waals surface area contributed by atoms with Gasteiger partial charge < -0.3 is 10.1 Å². The zero-order valence-electron chi connectivity index (χ0n) is 14.2. The molecule has 0 fully saturated rings. The van der Waals surface area contributed by atoms with Gasteiger partial charge in [-0.25, -0.2) is 0 Å². The van der Waals surface area contributed by atoms with E-state index >= 15 is 0 Å². The number of aryl methyl sites for hydroxylation is 1. The van der Waals surface area contributed by atoms with Gasteiger partial charge in [-0.2, -0.15) is 0 Å². The molecule has 26 heavy (non-hydrogen) atoms. The van der Waals surface area contributed by atoms with Crippen LogP contribution in [-0.2, 0) is 13.2 Å². The second-order valence-electron chi connectivity index (χ2n) is 6.00. The van der Waals surface area contributed by atoms with Crippen LogP contribution in [0, 0.1) is 6.92 Å². The highest BCUT2D eigenvalue weighted by molar-refractivity contribution is 6.35. The van der Waals surface area contributed by atoms with Crippen LogP contribution < -0.4 is 10.1 Å². The van der Waals surface area contributed by atoms with Crippen molar-refractivity contribution in [2.45, 2.75) is 20.1 Å². The van der Waals surface area contributed by atoms with E-state index in [1.165, 1.54) is 5.56 Å². The Hall–Kier alpha value is -1.87. The predicted molar refractivity (Wildman–Crippen MR) is 111 cm³/mol. The molecule has 3 rings (SSSR count). The number of ether oxygens (including phenoxy) is 1. The fraction of sp³-hybridized carbons (Fsp3) is 0.143. The van der Waals surface area contributed by atoms with Gasteiger partial charge in [-0.3, -0.25) is 0 Å². The van der Waals surface area contributed by atoms with Crippen molar-refractivity contribution in [2.75, 3.05) is 5.32 Å². The molecule has 0 bridgehead atoms. The number of benzene rings is 3. The smallest absolute Gasteiger partial charge is 0.124 e. The Morgan fingerprint density at radius 3 is 2.31 bits per heavy atom. The lowest BCUT2D eigenvalue weighted by molar-refractivity contribution is 0.303. The van der Waals surface area contributed by atoms with E-state index in [-0.39, 0.29) is 0 Å². The van der Waals surface area contributed by atoms with E-state index in [1.807, 2.05) is 18.2 Å². The number of hydrogen-bond donors (Lipinski definition) is 1. The zero-order chi connectivity index (χ0) is 18.5. The van der Waals surface area contributed by atoms with E-state index < -0.39 is 0 Å². The van der Waals surface area contributed by atoms with Crippen LogP contribution in [0.4, 0.5) is 5.69 Å². The quantitative estimate of drug-likeness (QED) is 0.469. The molecule has 0 saturated heterocycles. The number of rotatable bonds is 6. The molecule has 0 heterocycles. The van der Waals surface area contributed by atoms with Crippen LogP contribution in [0.1, 0.15) is 16.7 Å². The summed E-state index contributed by atoms with van der Waals surface area (Å²) in [6.07, 6.45) is 0. The van der Waals surface area contributed by atoms with E-state index in [0.717, 1.165) is 22.6 Å². The van der Waals surface area contributed by atoms with Gasteiger partial charge in [0.1, 0.15) is 12.4 Å². The molecular formula is C21H18Cl3NO. The Labute approximate surface area is 168 Å². The molecule has 2 nitrogen and oxygen atoms in total. The first-order valence-corrected chi connectivity index (χ1v) is 9.30. The standard InChI is InChI=1S/C21H18Cl3NO/c1-14-2-4-15(5-3-14)13-26-21-9-7-17(22)10-16(21)12-25-20-11-18(23)6-8-19(20)24/h2-11,25H,12-13H2,1H3. The lowest BCUT2D eigenvalue weighted by Crippen LogP contribution is -2.04. The summed E-state index contributed by atoms with van der Waals surface area (Å²) in [5.41, 5.74) is 4.05. The zero-order valence-corrected chi connectivity index (χ0v) is 16.5. The first kappa shape index (κ1) is 18.9. The van der Waals surface area contributed by atoms with Gasteiger partial charge in [0, 0.05) is 22.2 Å². The van der Waals surface area contributed by atoms with Crippen molar-refractivity contribution in [3.05, 3.63) is 92.4 Å². The molecular weight excluding hydrogens is 389 g/mol. The number of anilines is 1. The van der Waals surface area contributed by atoms with Crippen LogP contribution in [0.5, 0.6) is 5.75 Å². The largest absolute Gasteiger partial charge is 0.489 e. The Bertz CT molecular complexity index is 894. The van der Waals surface area contributed by atoms with Gasteiger partial charge in [0.15, 0.2) is 0 Å². The molecule has 0 spiro atoms. The van der Waals surface area contributed by atoms with Gasteiger partial charge in [-0.15, -0.1) is 0 Å². The van der Waals surface area contributed by atoms with Gasteiger partial charge in [-0.1, -0.05) is 64.6 Å². The lowest BCUT2D eigenvalue weighted by Gasteiger charge is -2.14. The molecule has 0 saturated carbocycles. The lowest BCUT2D eigenvalue weighted by atomic mass is 10.1. The average Bonchev–Trinajstić information content (AvgIpc) is 2.63. The van der Waals surface area contributed by atoms with Gasteiger partial charge in [0.05, 0.1) is 10.7 Å². The fourth-order valence-corrected chi connectivity index (χ4v) is 3.05. The molecule has 0 atom stereocenters. The molecule has 3 aromatic rings. The summed E-state index contributed by atoms with van der Waals surface area (Å²) in [5.74, 6) is 0.778. The molecule has 1 N–H and O–H groups in total. The topological polar surface area (TPSA) is 21.3 Å². The molecule has 0 unspecified atom stereocenters. The Morgan fingerprint density at radius 1 is 0.846 bits per heavy atom. The minimum absolute atomic E-state index is 0.493. The second kappa shape index (κ2) is 8.68. The minimum Gasteiger partial charge on any atom is -0.489 e. The summed E-state index contributed by atoms with van der Waals surface area (Å²) in [6.45, 7) is 3.07. The van der Waals surface area contributed by atoms with Crippen LogP contribution in [0.25, 0.3) is 0 Å². The molecule has 0 amide bonds. The Balaban J connectivity index is 1.73. The van der Waals surface area contributed by atoms with E-state index in [9.17, 15) is 0 Å². The third-order valence-electron chi connectivity index (χ3n) is 3.94. The molecule has 0 radical (unpaired) electrons. The molecule has 5 heteroatoms.